The van der Waals surface area contributed by atoms with E-state index < -0.39 is 50.7 Å². The van der Waals surface area contributed by atoms with E-state index in [-0.39, 0.29) is 10.8 Å². The van der Waals surface area contributed by atoms with E-state index >= 15 is 0 Å². The fourth-order valence-electron chi connectivity index (χ4n) is 1.99. The van der Waals surface area contributed by atoms with Crippen molar-refractivity contribution in [1.82, 2.24) is 0 Å². The Labute approximate surface area is 130 Å². The molecule has 2 rings (SSSR count). The second kappa shape index (κ2) is 5.12. The Balaban J connectivity index is 3.09. The maximum absolute atomic E-state index is 11.4. The SMILES string of the molecule is Nc1c(S(=O)(=O)O)c(S(=O)(=O)O)cc2cc(S(=O)(=O)O)ccc12. The smallest absolute Gasteiger partial charge is 0.298 e. The van der Waals surface area contributed by atoms with Crippen LogP contribution in [0, 0.1) is 0 Å². The molecule has 0 aliphatic heterocycles. The van der Waals surface area contributed by atoms with Crippen LogP contribution in [0.4, 0.5) is 5.69 Å². The van der Waals surface area contributed by atoms with E-state index in [2.05, 4.69) is 0 Å². The summed E-state index contributed by atoms with van der Waals surface area (Å²) in [5.41, 5.74) is 4.83. The molecular weight excluding hydrogens is 374 g/mol. The largest absolute Gasteiger partial charge is 0.397 e. The first-order chi connectivity index (χ1) is 10.2. The molecule has 0 saturated carbocycles. The summed E-state index contributed by atoms with van der Waals surface area (Å²) in [6, 6.07) is 3.34. The average molecular weight is 383 g/mol. The minimum Gasteiger partial charge on any atom is -0.397 e. The van der Waals surface area contributed by atoms with Crippen molar-refractivity contribution >= 4 is 46.8 Å². The highest BCUT2D eigenvalue weighted by atomic mass is 32.2. The lowest BCUT2D eigenvalue weighted by Gasteiger charge is -2.12. The van der Waals surface area contributed by atoms with Gasteiger partial charge in [0.25, 0.3) is 30.4 Å². The van der Waals surface area contributed by atoms with Gasteiger partial charge in [-0.25, -0.2) is 0 Å². The molecule has 0 saturated heterocycles. The number of anilines is 1. The molecule has 0 bridgehead atoms. The van der Waals surface area contributed by atoms with Gasteiger partial charge in [-0.15, -0.1) is 0 Å². The predicted molar refractivity (Wildman–Crippen MR) is 77.8 cm³/mol. The molecule has 5 N–H and O–H groups in total. The summed E-state index contributed by atoms with van der Waals surface area (Å²) >= 11 is 0. The molecule has 2 aromatic rings. The van der Waals surface area contributed by atoms with Gasteiger partial charge in [0.05, 0.1) is 10.6 Å². The zero-order chi connectivity index (χ0) is 17.8. The molecule has 0 atom stereocenters. The first-order valence-electron chi connectivity index (χ1n) is 5.51. The fraction of sp³-hybridized carbons (Fsp3) is 0. The van der Waals surface area contributed by atoms with Gasteiger partial charge in [-0.05, 0) is 23.6 Å². The number of fused-ring (bicyclic) bond motifs is 1. The lowest BCUT2D eigenvalue weighted by Crippen LogP contribution is -2.12. The Morgan fingerprint density at radius 3 is 1.78 bits per heavy atom. The van der Waals surface area contributed by atoms with Crippen LogP contribution in [-0.4, -0.2) is 38.9 Å². The van der Waals surface area contributed by atoms with Gasteiger partial charge in [-0.1, -0.05) is 6.07 Å². The summed E-state index contributed by atoms with van der Waals surface area (Å²) in [5, 5.41) is -0.310. The van der Waals surface area contributed by atoms with Crippen molar-refractivity contribution in [1.29, 1.82) is 0 Å². The summed E-state index contributed by atoms with van der Waals surface area (Å²) < 4.78 is 94.8. The zero-order valence-electron chi connectivity index (χ0n) is 10.9. The molecule has 0 radical (unpaired) electrons. The summed E-state index contributed by atoms with van der Waals surface area (Å²) in [7, 11) is -14.8. The summed E-state index contributed by atoms with van der Waals surface area (Å²) in [6.07, 6.45) is 0. The van der Waals surface area contributed by atoms with Crippen LogP contribution in [0.3, 0.4) is 0 Å². The third-order valence-electron chi connectivity index (χ3n) is 2.90. The van der Waals surface area contributed by atoms with Crippen molar-refractivity contribution in [3.05, 3.63) is 24.3 Å². The monoisotopic (exact) mass is 383 g/mol. The summed E-state index contributed by atoms with van der Waals surface area (Å²) in [6.45, 7) is 0. The third kappa shape index (κ3) is 3.29. The number of benzene rings is 2. The molecular formula is C10H9NO9S3. The molecule has 0 fully saturated rings. The molecule has 0 unspecified atom stereocenters. The first-order valence-corrected chi connectivity index (χ1v) is 9.83. The van der Waals surface area contributed by atoms with Gasteiger partial charge in [0, 0.05) is 5.39 Å². The number of rotatable bonds is 3. The second-order valence-corrected chi connectivity index (χ2v) is 8.60. The van der Waals surface area contributed by atoms with Gasteiger partial charge in [0.1, 0.15) is 9.79 Å². The van der Waals surface area contributed by atoms with E-state index in [1.807, 2.05) is 0 Å². The number of hydrogen-bond donors (Lipinski definition) is 4. The Bertz CT molecular complexity index is 1130. The highest BCUT2D eigenvalue weighted by molar-refractivity contribution is 7.89. The van der Waals surface area contributed by atoms with E-state index in [0.29, 0.717) is 6.07 Å². The highest BCUT2D eigenvalue weighted by Crippen LogP contribution is 2.35. The molecule has 0 heterocycles. The quantitative estimate of drug-likeness (QED) is 0.419. The molecule has 0 spiro atoms. The average Bonchev–Trinajstić information content (AvgIpc) is 2.34. The highest BCUT2D eigenvalue weighted by Gasteiger charge is 2.28. The lowest BCUT2D eigenvalue weighted by molar-refractivity contribution is 0.467. The molecule has 23 heavy (non-hydrogen) atoms. The van der Waals surface area contributed by atoms with Gasteiger partial charge in [0.2, 0.25) is 0 Å². The fourth-order valence-corrected chi connectivity index (χ4v) is 4.45. The summed E-state index contributed by atoms with van der Waals surface area (Å²) in [5.74, 6) is 0. The predicted octanol–water partition coefficient (Wildman–Crippen LogP) is 0.162. The standard InChI is InChI=1S/C10H9NO9S3/c11-9-7-2-1-6(21(12,13)14)3-5(7)4-8(22(15,16)17)10(9)23(18,19)20/h1-4H,11H2,(H,12,13,14)(H,15,16,17)(H,18,19,20). The van der Waals surface area contributed by atoms with Gasteiger partial charge >= 0.3 is 0 Å². The van der Waals surface area contributed by atoms with Gasteiger partial charge in [-0.3, -0.25) is 13.7 Å². The van der Waals surface area contributed by atoms with E-state index in [4.69, 9.17) is 19.4 Å². The molecule has 0 amide bonds. The van der Waals surface area contributed by atoms with Crippen LogP contribution in [0.5, 0.6) is 0 Å². The maximum atomic E-state index is 11.4. The van der Waals surface area contributed by atoms with Crippen molar-refractivity contribution in [2.45, 2.75) is 14.7 Å². The number of nitrogens with two attached hydrogens (primary N) is 1. The van der Waals surface area contributed by atoms with E-state index in [1.165, 1.54) is 0 Å². The van der Waals surface area contributed by atoms with Crippen LogP contribution in [0.1, 0.15) is 0 Å². The topological polar surface area (TPSA) is 189 Å². The Hall–Kier alpha value is -1.77. The van der Waals surface area contributed by atoms with Crippen LogP contribution in [-0.2, 0) is 30.4 Å². The van der Waals surface area contributed by atoms with Crippen molar-refractivity contribution < 1.29 is 38.9 Å². The molecule has 2 aromatic carbocycles. The van der Waals surface area contributed by atoms with E-state index in [1.54, 1.807) is 0 Å². The van der Waals surface area contributed by atoms with E-state index in [9.17, 15) is 25.3 Å². The van der Waals surface area contributed by atoms with Gasteiger partial charge < -0.3 is 5.73 Å². The molecule has 0 aliphatic carbocycles. The first kappa shape index (κ1) is 17.6. The number of hydrogen-bond acceptors (Lipinski definition) is 7. The minimum absolute atomic E-state index is 0.113. The molecule has 10 nitrogen and oxygen atoms in total. The van der Waals surface area contributed by atoms with Crippen molar-refractivity contribution in [3.8, 4) is 0 Å². The van der Waals surface area contributed by atoms with Gasteiger partial charge in [-0.2, -0.15) is 25.3 Å². The van der Waals surface area contributed by atoms with Crippen LogP contribution in [0.25, 0.3) is 10.8 Å². The Morgan fingerprint density at radius 2 is 1.35 bits per heavy atom. The Morgan fingerprint density at radius 1 is 0.783 bits per heavy atom. The molecule has 126 valence electrons. The minimum atomic E-state index is -5.11. The van der Waals surface area contributed by atoms with Gasteiger partial charge in [0.15, 0.2) is 0 Å². The molecule has 0 aliphatic rings. The van der Waals surface area contributed by atoms with Crippen LogP contribution >= 0.6 is 0 Å². The molecule has 13 heteroatoms. The third-order valence-corrected chi connectivity index (χ3v) is 5.71. The van der Waals surface area contributed by atoms with Crippen LogP contribution in [0.15, 0.2) is 39.0 Å². The van der Waals surface area contributed by atoms with Crippen molar-refractivity contribution in [2.75, 3.05) is 5.73 Å². The number of nitrogen functional groups attached to an aromatic ring is 1. The van der Waals surface area contributed by atoms with Crippen molar-refractivity contribution in [3.63, 3.8) is 0 Å². The van der Waals surface area contributed by atoms with Crippen LogP contribution in [0.2, 0.25) is 0 Å². The zero-order valence-corrected chi connectivity index (χ0v) is 13.4. The van der Waals surface area contributed by atoms with E-state index in [0.717, 1.165) is 18.2 Å². The summed E-state index contributed by atoms with van der Waals surface area (Å²) in [4.78, 5) is -3.06. The molecule has 0 aromatic heterocycles. The Kier molecular flexibility index (Phi) is 3.91. The van der Waals surface area contributed by atoms with Crippen LogP contribution < -0.4 is 5.73 Å². The van der Waals surface area contributed by atoms with Crippen molar-refractivity contribution in [2.24, 2.45) is 0 Å². The maximum Gasteiger partial charge on any atom is 0.298 e. The normalized spacial score (nSPS) is 13.3. The second-order valence-electron chi connectivity index (χ2n) is 4.43. The lowest BCUT2D eigenvalue weighted by atomic mass is 10.1.